The van der Waals surface area contributed by atoms with Crippen molar-refractivity contribution >= 4 is 28.4 Å². The van der Waals surface area contributed by atoms with Crippen LogP contribution in [0.5, 0.6) is 0 Å². The molecule has 4 aromatic rings. The van der Waals surface area contributed by atoms with Gasteiger partial charge < -0.3 is 20.1 Å². The minimum atomic E-state index is -0.950. The van der Waals surface area contributed by atoms with Crippen molar-refractivity contribution in [1.82, 2.24) is 14.8 Å². The quantitative estimate of drug-likeness (QED) is 0.217. The molecule has 2 fully saturated rings. The van der Waals surface area contributed by atoms with E-state index in [0.29, 0.717) is 25.8 Å². The minimum Gasteiger partial charge on any atom is -0.358 e. The third-order valence-corrected chi connectivity index (χ3v) is 10.9. The first kappa shape index (κ1) is 31.1. The van der Waals surface area contributed by atoms with E-state index in [1.807, 2.05) is 36.9 Å². The molecule has 0 radical (unpaired) electrons. The lowest BCUT2D eigenvalue weighted by Crippen LogP contribution is -2.63. The van der Waals surface area contributed by atoms with Crippen molar-refractivity contribution in [3.05, 3.63) is 100 Å². The van der Waals surface area contributed by atoms with Crippen LogP contribution in [0.3, 0.4) is 0 Å². The normalized spacial score (nSPS) is 20.6. The molecular weight excluding hydrogens is 556 g/mol. The van der Waals surface area contributed by atoms with Gasteiger partial charge in [-0.05, 0) is 93.2 Å². The van der Waals surface area contributed by atoms with E-state index in [0.717, 1.165) is 41.0 Å². The monoisotopic (exact) mass is 604 g/mol. The van der Waals surface area contributed by atoms with Gasteiger partial charge >= 0.3 is 0 Å². The number of carbonyl (C=O) groups excluding carboxylic acids is 2. The zero-order valence-corrected chi connectivity index (χ0v) is 28.0. The lowest BCUT2D eigenvalue weighted by atomic mass is 9.83. The van der Waals surface area contributed by atoms with Crippen molar-refractivity contribution in [1.29, 1.82) is 0 Å². The zero-order chi connectivity index (χ0) is 32.1. The van der Waals surface area contributed by atoms with Gasteiger partial charge in [-0.3, -0.25) is 9.59 Å². The number of nitrogens with one attached hydrogen (secondary N) is 2. The third-order valence-electron chi connectivity index (χ3n) is 10.9. The van der Waals surface area contributed by atoms with Gasteiger partial charge in [0.15, 0.2) is 0 Å². The number of hydrogen-bond donors (Lipinski definition) is 2. The molecule has 2 atom stereocenters. The Morgan fingerprint density at radius 3 is 2.22 bits per heavy atom. The molecular formula is C39H48N4O2. The number of aryl methyl sites for hydroxylation is 4. The second kappa shape index (κ2) is 11.8. The number of piperidine rings is 1. The first-order valence-corrected chi connectivity index (χ1v) is 16.4. The highest BCUT2D eigenvalue weighted by molar-refractivity contribution is 6.02. The molecule has 1 saturated carbocycles. The summed E-state index contributed by atoms with van der Waals surface area (Å²) >= 11 is 0. The van der Waals surface area contributed by atoms with Crippen LogP contribution in [-0.4, -0.2) is 52.3 Å². The standard InChI is InChI=1S/C39H48N4O2/c1-25-21-26(2)36(27(3)22-25)41-37(45)39(17-19-42(7)20-18-39)43(24-29-13-9-8-10-14-29)33(44)23-31-35(38(31,5)6)34-28(4)40-32-16-12-11-15-30(32)34/h8-16,21-22,31,35,40H,17-20,23-24H2,1-7H3,(H,41,45)/t31-,35-/m1/s1. The van der Waals surface area contributed by atoms with Crippen LogP contribution in [0.1, 0.15) is 72.5 Å². The molecule has 1 aliphatic heterocycles. The molecule has 1 aromatic heterocycles. The van der Waals surface area contributed by atoms with E-state index >= 15 is 0 Å². The Balaban J connectivity index is 1.36. The number of hydrogen-bond acceptors (Lipinski definition) is 3. The number of likely N-dealkylation sites (tertiary alicyclic amines) is 1. The molecule has 1 saturated heterocycles. The molecule has 2 N–H and O–H groups in total. The first-order valence-electron chi connectivity index (χ1n) is 16.4. The molecule has 236 valence electrons. The molecule has 2 heterocycles. The van der Waals surface area contributed by atoms with Crippen molar-refractivity contribution in [3.8, 4) is 0 Å². The van der Waals surface area contributed by atoms with Crippen LogP contribution in [0.2, 0.25) is 0 Å². The summed E-state index contributed by atoms with van der Waals surface area (Å²) in [6.07, 6.45) is 1.60. The lowest BCUT2D eigenvalue weighted by molar-refractivity contribution is -0.150. The Hall–Kier alpha value is -3.90. The molecule has 0 spiro atoms. The first-order chi connectivity index (χ1) is 21.4. The molecule has 6 heteroatoms. The van der Waals surface area contributed by atoms with Gasteiger partial charge in [0.25, 0.3) is 0 Å². The molecule has 3 aromatic carbocycles. The van der Waals surface area contributed by atoms with E-state index in [2.05, 4.69) is 98.5 Å². The van der Waals surface area contributed by atoms with Crippen LogP contribution >= 0.6 is 0 Å². The number of H-pyrrole nitrogens is 1. The fourth-order valence-corrected chi connectivity index (χ4v) is 8.15. The SMILES string of the molecule is Cc1cc(C)c(NC(=O)C2(N(Cc3ccccc3)C(=O)C[C@@H]3[C@H](c4c(C)[nH]c5ccccc45)C3(C)C)CCN(C)CC2)c(C)c1. The summed E-state index contributed by atoms with van der Waals surface area (Å²) < 4.78 is 0. The minimum absolute atomic E-state index is 0.0257. The molecule has 1 aliphatic carbocycles. The number of aromatic amines is 1. The predicted octanol–water partition coefficient (Wildman–Crippen LogP) is 7.66. The lowest BCUT2D eigenvalue weighted by Gasteiger charge is -2.47. The van der Waals surface area contributed by atoms with Crippen LogP contribution in [0, 0.1) is 39.0 Å². The summed E-state index contributed by atoms with van der Waals surface area (Å²) in [4.78, 5) is 37.3. The van der Waals surface area contributed by atoms with Gasteiger partial charge in [-0.15, -0.1) is 0 Å². The fraction of sp³-hybridized carbons (Fsp3) is 0.436. The van der Waals surface area contributed by atoms with Crippen molar-refractivity contribution in [3.63, 3.8) is 0 Å². The Morgan fingerprint density at radius 2 is 1.56 bits per heavy atom. The van der Waals surface area contributed by atoms with E-state index in [1.54, 1.807) is 0 Å². The van der Waals surface area contributed by atoms with Crippen molar-refractivity contribution in [2.75, 3.05) is 25.5 Å². The van der Waals surface area contributed by atoms with Gasteiger partial charge in [0, 0.05) is 48.3 Å². The van der Waals surface area contributed by atoms with Gasteiger partial charge in [-0.25, -0.2) is 0 Å². The number of carbonyl (C=O) groups is 2. The van der Waals surface area contributed by atoms with Gasteiger partial charge in [-0.2, -0.15) is 0 Å². The van der Waals surface area contributed by atoms with Crippen LogP contribution in [0.25, 0.3) is 10.9 Å². The van der Waals surface area contributed by atoms with E-state index in [1.165, 1.54) is 22.2 Å². The largest absolute Gasteiger partial charge is 0.358 e. The molecule has 45 heavy (non-hydrogen) atoms. The maximum Gasteiger partial charge on any atom is 0.250 e. The number of anilines is 1. The van der Waals surface area contributed by atoms with Gasteiger partial charge in [0.05, 0.1) is 0 Å². The average molecular weight is 605 g/mol. The average Bonchev–Trinajstić information content (AvgIpc) is 3.35. The predicted molar refractivity (Wildman–Crippen MR) is 183 cm³/mol. The van der Waals surface area contributed by atoms with Crippen LogP contribution in [0.15, 0.2) is 66.7 Å². The molecule has 2 aliphatic rings. The van der Waals surface area contributed by atoms with Crippen molar-refractivity contribution in [2.45, 2.75) is 78.8 Å². The summed E-state index contributed by atoms with van der Waals surface area (Å²) in [5.74, 6) is 0.452. The summed E-state index contributed by atoms with van der Waals surface area (Å²) in [6.45, 7) is 14.8. The summed E-state index contributed by atoms with van der Waals surface area (Å²) in [6, 6.07) is 22.8. The maximum absolute atomic E-state index is 14.8. The smallest absolute Gasteiger partial charge is 0.250 e. The van der Waals surface area contributed by atoms with E-state index in [-0.39, 0.29) is 29.1 Å². The highest BCUT2D eigenvalue weighted by Crippen LogP contribution is 2.67. The number of nitrogens with zero attached hydrogens (tertiary/aromatic N) is 2. The van der Waals surface area contributed by atoms with Crippen molar-refractivity contribution < 1.29 is 9.59 Å². The van der Waals surface area contributed by atoms with Crippen molar-refractivity contribution in [2.24, 2.45) is 11.3 Å². The Morgan fingerprint density at radius 1 is 0.933 bits per heavy atom. The second-order valence-electron chi connectivity index (χ2n) is 14.3. The maximum atomic E-state index is 14.8. The van der Waals surface area contributed by atoms with Crippen LogP contribution < -0.4 is 5.32 Å². The summed E-state index contributed by atoms with van der Waals surface area (Å²) in [5, 5.41) is 4.59. The Bertz CT molecular complexity index is 1710. The van der Waals surface area contributed by atoms with Gasteiger partial charge in [-0.1, -0.05) is 80.1 Å². The zero-order valence-electron chi connectivity index (χ0n) is 28.0. The molecule has 0 unspecified atom stereocenters. The third kappa shape index (κ3) is 5.69. The van der Waals surface area contributed by atoms with Gasteiger partial charge in [0.2, 0.25) is 11.8 Å². The molecule has 2 amide bonds. The summed E-state index contributed by atoms with van der Waals surface area (Å²) in [5.41, 5.74) is 7.84. The number of rotatable bonds is 8. The highest BCUT2D eigenvalue weighted by Gasteiger charge is 2.60. The van der Waals surface area contributed by atoms with Crippen LogP contribution in [0.4, 0.5) is 5.69 Å². The topological polar surface area (TPSA) is 68.4 Å². The Labute approximate surface area is 268 Å². The summed E-state index contributed by atoms with van der Waals surface area (Å²) in [7, 11) is 2.10. The van der Waals surface area contributed by atoms with Gasteiger partial charge in [0.1, 0.15) is 5.54 Å². The number of fused-ring (bicyclic) bond motifs is 1. The number of aromatic nitrogens is 1. The van der Waals surface area contributed by atoms with E-state index in [4.69, 9.17) is 0 Å². The van der Waals surface area contributed by atoms with E-state index < -0.39 is 5.54 Å². The molecule has 6 rings (SSSR count). The Kier molecular flexibility index (Phi) is 8.15. The number of para-hydroxylation sites is 1. The second-order valence-corrected chi connectivity index (χ2v) is 14.3. The van der Waals surface area contributed by atoms with E-state index in [9.17, 15) is 9.59 Å². The highest BCUT2D eigenvalue weighted by atomic mass is 16.2. The number of amides is 2. The molecule has 6 nitrogen and oxygen atoms in total. The molecule has 0 bridgehead atoms. The van der Waals surface area contributed by atoms with Crippen LogP contribution in [-0.2, 0) is 16.1 Å². The number of benzene rings is 3. The fourth-order valence-electron chi connectivity index (χ4n) is 8.15.